The van der Waals surface area contributed by atoms with E-state index in [1.165, 1.54) is 0 Å². The van der Waals surface area contributed by atoms with Gasteiger partial charge in [-0.1, -0.05) is 22.0 Å². The molecule has 0 amide bonds. The van der Waals surface area contributed by atoms with Gasteiger partial charge in [-0.2, -0.15) is 0 Å². The van der Waals surface area contributed by atoms with Crippen molar-refractivity contribution in [1.82, 2.24) is 0 Å². The quantitative estimate of drug-likeness (QED) is 0.820. The van der Waals surface area contributed by atoms with Gasteiger partial charge in [0.15, 0.2) is 0 Å². The maximum atomic E-state index is 10.6. The van der Waals surface area contributed by atoms with Gasteiger partial charge in [0.1, 0.15) is 0 Å². The highest BCUT2D eigenvalue weighted by atomic mass is 79.9. The Balaban J connectivity index is 2.88. The largest absolute Gasteiger partial charge is 0.481 e. The van der Waals surface area contributed by atoms with Crippen molar-refractivity contribution in [3.8, 4) is 0 Å². The first-order chi connectivity index (χ1) is 8.04. The third kappa shape index (κ3) is 4.23. The molecule has 0 fully saturated rings. The lowest BCUT2D eigenvalue weighted by Gasteiger charge is -2.24. The summed E-state index contributed by atoms with van der Waals surface area (Å²) in [6.45, 7) is 6.85. The van der Waals surface area contributed by atoms with Crippen molar-refractivity contribution in [3.63, 3.8) is 0 Å². The van der Waals surface area contributed by atoms with E-state index in [9.17, 15) is 4.79 Å². The predicted octanol–water partition coefficient (Wildman–Crippen LogP) is 3.22. The van der Waals surface area contributed by atoms with Gasteiger partial charge >= 0.3 is 5.97 Å². The van der Waals surface area contributed by atoms with Crippen LogP contribution in [0.25, 0.3) is 0 Å². The number of aliphatic carboxylic acids is 1. The molecule has 0 saturated heterocycles. The Morgan fingerprint density at radius 1 is 1.59 bits per heavy atom. The van der Waals surface area contributed by atoms with Crippen LogP contribution in [-0.2, 0) is 4.79 Å². The number of hydrogen-bond acceptors (Lipinski definition) is 2. The maximum absolute atomic E-state index is 10.6. The van der Waals surface area contributed by atoms with Crippen LogP contribution in [0.1, 0.15) is 12.0 Å². The van der Waals surface area contributed by atoms with E-state index >= 15 is 0 Å². The molecule has 0 aromatic heterocycles. The average molecular weight is 298 g/mol. The van der Waals surface area contributed by atoms with Gasteiger partial charge in [0.2, 0.25) is 0 Å². The van der Waals surface area contributed by atoms with Crippen LogP contribution in [-0.4, -0.2) is 24.2 Å². The highest BCUT2D eigenvalue weighted by Crippen LogP contribution is 2.24. The number of anilines is 1. The Bertz CT molecular complexity index is 418. The van der Waals surface area contributed by atoms with Gasteiger partial charge in [-0.15, -0.1) is 6.58 Å². The fourth-order valence-corrected chi connectivity index (χ4v) is 2.15. The van der Waals surface area contributed by atoms with Gasteiger partial charge in [0, 0.05) is 23.2 Å². The Labute approximate surface area is 110 Å². The van der Waals surface area contributed by atoms with Crippen molar-refractivity contribution in [3.05, 3.63) is 40.9 Å². The summed E-state index contributed by atoms with van der Waals surface area (Å²) < 4.78 is 1.02. The van der Waals surface area contributed by atoms with Crippen molar-refractivity contribution in [2.24, 2.45) is 0 Å². The number of carbonyl (C=O) groups is 1. The van der Waals surface area contributed by atoms with E-state index in [-0.39, 0.29) is 6.42 Å². The van der Waals surface area contributed by atoms with Gasteiger partial charge in [0.05, 0.1) is 6.42 Å². The van der Waals surface area contributed by atoms with E-state index in [2.05, 4.69) is 22.5 Å². The fraction of sp³-hybridized carbons (Fsp3) is 0.308. The summed E-state index contributed by atoms with van der Waals surface area (Å²) in [6.07, 6.45) is 1.91. The lowest BCUT2D eigenvalue weighted by Crippen LogP contribution is -2.26. The smallest absolute Gasteiger partial charge is 0.305 e. The summed E-state index contributed by atoms with van der Waals surface area (Å²) >= 11 is 3.41. The zero-order valence-electron chi connectivity index (χ0n) is 9.82. The molecule has 0 saturated carbocycles. The summed E-state index contributed by atoms with van der Waals surface area (Å²) in [7, 11) is 0. The number of aryl methyl sites for hydroxylation is 1. The van der Waals surface area contributed by atoms with E-state index in [4.69, 9.17) is 5.11 Å². The molecule has 92 valence electrons. The van der Waals surface area contributed by atoms with Crippen LogP contribution in [0, 0.1) is 6.92 Å². The third-order valence-corrected chi connectivity index (χ3v) is 2.94. The van der Waals surface area contributed by atoms with Crippen LogP contribution < -0.4 is 4.90 Å². The molecule has 0 aliphatic heterocycles. The standard InChI is InChI=1S/C13H16BrNO2/c1-3-7-15(8-6-13(16)17)12-5-4-11(14)9-10(12)2/h3-5,9H,1,6-8H2,2H3,(H,16,17). The first kappa shape index (κ1) is 13.8. The molecular weight excluding hydrogens is 282 g/mol. The molecule has 0 aliphatic carbocycles. The second-order valence-electron chi connectivity index (χ2n) is 3.81. The van der Waals surface area contributed by atoms with Gasteiger partial charge in [-0.05, 0) is 30.7 Å². The molecule has 0 bridgehead atoms. The average Bonchev–Trinajstić information content (AvgIpc) is 2.24. The van der Waals surface area contributed by atoms with E-state index in [1.54, 1.807) is 6.08 Å². The minimum Gasteiger partial charge on any atom is -0.481 e. The molecule has 0 atom stereocenters. The van der Waals surface area contributed by atoms with Crippen LogP contribution in [0.5, 0.6) is 0 Å². The molecule has 0 aliphatic rings. The Morgan fingerprint density at radius 3 is 2.82 bits per heavy atom. The van der Waals surface area contributed by atoms with Crippen molar-refractivity contribution in [2.45, 2.75) is 13.3 Å². The summed E-state index contributed by atoms with van der Waals surface area (Å²) in [4.78, 5) is 12.6. The van der Waals surface area contributed by atoms with Crippen LogP contribution in [0.4, 0.5) is 5.69 Å². The maximum Gasteiger partial charge on any atom is 0.305 e. The monoisotopic (exact) mass is 297 g/mol. The summed E-state index contributed by atoms with van der Waals surface area (Å²) in [6, 6.07) is 5.97. The van der Waals surface area contributed by atoms with Gasteiger partial charge in [-0.25, -0.2) is 0 Å². The lowest BCUT2D eigenvalue weighted by atomic mass is 10.1. The van der Waals surface area contributed by atoms with Crippen molar-refractivity contribution in [2.75, 3.05) is 18.0 Å². The molecule has 0 unspecified atom stereocenters. The number of carboxylic acid groups (broad SMARTS) is 1. The summed E-state index contributed by atoms with van der Waals surface area (Å²) in [5.74, 6) is -0.783. The van der Waals surface area contributed by atoms with Crippen molar-refractivity contribution in [1.29, 1.82) is 0 Å². The molecule has 1 N–H and O–H groups in total. The molecule has 17 heavy (non-hydrogen) atoms. The predicted molar refractivity (Wildman–Crippen MR) is 73.5 cm³/mol. The zero-order chi connectivity index (χ0) is 12.8. The molecule has 1 aromatic carbocycles. The van der Waals surface area contributed by atoms with E-state index in [1.807, 2.05) is 30.0 Å². The van der Waals surface area contributed by atoms with Gasteiger partial charge in [-0.3, -0.25) is 4.79 Å². The second kappa shape index (κ2) is 6.45. The first-order valence-electron chi connectivity index (χ1n) is 5.38. The molecule has 0 radical (unpaired) electrons. The molecule has 1 rings (SSSR count). The van der Waals surface area contributed by atoms with Crippen LogP contribution in [0.3, 0.4) is 0 Å². The number of hydrogen-bond donors (Lipinski definition) is 1. The molecule has 3 nitrogen and oxygen atoms in total. The Hall–Kier alpha value is -1.29. The van der Waals surface area contributed by atoms with E-state index < -0.39 is 5.97 Å². The lowest BCUT2D eigenvalue weighted by molar-refractivity contribution is -0.136. The normalized spacial score (nSPS) is 10.0. The molecule has 0 heterocycles. The van der Waals surface area contributed by atoms with Crippen LogP contribution >= 0.6 is 15.9 Å². The Morgan fingerprint density at radius 2 is 2.29 bits per heavy atom. The van der Waals surface area contributed by atoms with Crippen molar-refractivity contribution >= 4 is 27.6 Å². The number of carboxylic acids is 1. The highest BCUT2D eigenvalue weighted by molar-refractivity contribution is 9.10. The molecular formula is C13H16BrNO2. The fourth-order valence-electron chi connectivity index (χ4n) is 1.67. The van der Waals surface area contributed by atoms with Crippen LogP contribution in [0.15, 0.2) is 35.3 Å². The van der Waals surface area contributed by atoms with Gasteiger partial charge < -0.3 is 10.0 Å². The first-order valence-corrected chi connectivity index (χ1v) is 6.17. The third-order valence-electron chi connectivity index (χ3n) is 2.44. The number of halogens is 1. The van der Waals surface area contributed by atoms with Crippen molar-refractivity contribution < 1.29 is 9.90 Å². The SMILES string of the molecule is C=CCN(CCC(=O)O)c1ccc(Br)cc1C. The topological polar surface area (TPSA) is 40.5 Å². The minimum atomic E-state index is -0.783. The Kier molecular flexibility index (Phi) is 5.22. The number of rotatable bonds is 6. The number of benzene rings is 1. The molecule has 1 aromatic rings. The molecule has 4 heteroatoms. The van der Waals surface area contributed by atoms with E-state index in [0.717, 1.165) is 15.7 Å². The number of nitrogens with zero attached hydrogens (tertiary/aromatic N) is 1. The van der Waals surface area contributed by atoms with Crippen LogP contribution in [0.2, 0.25) is 0 Å². The highest BCUT2D eigenvalue weighted by Gasteiger charge is 2.09. The zero-order valence-corrected chi connectivity index (χ0v) is 11.4. The van der Waals surface area contributed by atoms with E-state index in [0.29, 0.717) is 13.1 Å². The van der Waals surface area contributed by atoms with Gasteiger partial charge in [0.25, 0.3) is 0 Å². The summed E-state index contributed by atoms with van der Waals surface area (Å²) in [5, 5.41) is 8.73. The summed E-state index contributed by atoms with van der Waals surface area (Å²) in [5.41, 5.74) is 2.17. The second-order valence-corrected chi connectivity index (χ2v) is 4.72. The minimum absolute atomic E-state index is 0.128. The molecule has 0 spiro atoms.